The molecule has 1 N–H and O–H groups in total. The molecule has 2 rings (SSSR count). The Bertz CT molecular complexity index is 386. The molecule has 0 bridgehead atoms. The molecule has 1 saturated carbocycles. The van der Waals surface area contributed by atoms with Crippen molar-refractivity contribution in [3.05, 3.63) is 29.3 Å². The molecule has 0 aliphatic heterocycles. The number of hydrogen-bond acceptors (Lipinski definition) is 1. The van der Waals surface area contributed by atoms with Crippen molar-refractivity contribution in [3.63, 3.8) is 0 Å². The Morgan fingerprint density at radius 2 is 2.06 bits per heavy atom. The first-order valence-corrected chi connectivity index (χ1v) is 5.84. The van der Waals surface area contributed by atoms with Crippen molar-refractivity contribution in [2.75, 3.05) is 5.32 Å². The third-order valence-corrected chi connectivity index (χ3v) is 3.24. The molecule has 1 atom stereocenters. The normalized spacial score (nSPS) is 17.2. The quantitative estimate of drug-likeness (QED) is 0.820. The highest BCUT2D eigenvalue weighted by molar-refractivity contribution is 5.49. The van der Waals surface area contributed by atoms with Gasteiger partial charge in [-0.2, -0.15) is 0 Å². The van der Waals surface area contributed by atoms with Crippen molar-refractivity contribution < 1.29 is 8.78 Å². The maximum atomic E-state index is 13.7. The molecule has 0 heterocycles. The zero-order valence-electron chi connectivity index (χ0n) is 9.69. The predicted molar refractivity (Wildman–Crippen MR) is 61.5 cm³/mol. The van der Waals surface area contributed by atoms with Gasteiger partial charge in [-0.25, -0.2) is 8.78 Å². The van der Waals surface area contributed by atoms with Gasteiger partial charge in [-0.05, 0) is 43.7 Å². The van der Waals surface area contributed by atoms with Gasteiger partial charge in [-0.1, -0.05) is 13.0 Å². The number of halogens is 2. The molecule has 1 nitrogen and oxygen atoms in total. The van der Waals surface area contributed by atoms with Gasteiger partial charge in [0.1, 0.15) is 11.5 Å². The maximum absolute atomic E-state index is 13.7. The Morgan fingerprint density at radius 1 is 1.38 bits per heavy atom. The lowest BCUT2D eigenvalue weighted by molar-refractivity contribution is 0.559. The molecule has 3 heteroatoms. The fraction of sp³-hybridized carbons (Fsp3) is 0.538. The van der Waals surface area contributed by atoms with Crippen molar-refractivity contribution in [1.29, 1.82) is 0 Å². The minimum Gasteiger partial charge on any atom is -0.377 e. The molecule has 1 aromatic rings. The molecule has 0 aromatic heterocycles. The van der Waals surface area contributed by atoms with Crippen molar-refractivity contribution >= 4 is 5.69 Å². The van der Waals surface area contributed by atoms with Crippen molar-refractivity contribution in [3.8, 4) is 0 Å². The molecular formula is C13H17F2N. The molecule has 0 amide bonds. The van der Waals surface area contributed by atoms with E-state index in [1.807, 2.05) is 6.92 Å². The monoisotopic (exact) mass is 225 g/mol. The molecule has 0 spiro atoms. The van der Waals surface area contributed by atoms with Crippen LogP contribution in [0.15, 0.2) is 12.1 Å². The van der Waals surface area contributed by atoms with E-state index in [-0.39, 0.29) is 11.7 Å². The van der Waals surface area contributed by atoms with Gasteiger partial charge >= 0.3 is 0 Å². The molecule has 0 saturated heterocycles. The lowest BCUT2D eigenvalue weighted by Gasteiger charge is -2.19. The number of aryl methyl sites for hydroxylation is 1. The van der Waals surface area contributed by atoms with E-state index in [0.29, 0.717) is 11.5 Å². The second-order valence-electron chi connectivity index (χ2n) is 4.55. The van der Waals surface area contributed by atoms with Crippen LogP contribution in [0.4, 0.5) is 14.5 Å². The van der Waals surface area contributed by atoms with Crippen LogP contribution in [0, 0.1) is 24.5 Å². The summed E-state index contributed by atoms with van der Waals surface area (Å²) in [7, 11) is 0. The summed E-state index contributed by atoms with van der Waals surface area (Å²) >= 11 is 0. The van der Waals surface area contributed by atoms with Gasteiger partial charge in [0.15, 0.2) is 5.82 Å². The van der Waals surface area contributed by atoms with Gasteiger partial charge < -0.3 is 5.32 Å². The largest absolute Gasteiger partial charge is 0.377 e. The van der Waals surface area contributed by atoms with Gasteiger partial charge in [0, 0.05) is 6.04 Å². The summed E-state index contributed by atoms with van der Waals surface area (Å²) in [4.78, 5) is 0. The number of benzene rings is 1. The van der Waals surface area contributed by atoms with E-state index in [9.17, 15) is 8.78 Å². The van der Waals surface area contributed by atoms with E-state index in [4.69, 9.17) is 0 Å². The second kappa shape index (κ2) is 4.40. The topological polar surface area (TPSA) is 12.0 Å². The summed E-state index contributed by atoms with van der Waals surface area (Å²) in [5.41, 5.74) is 0.522. The van der Waals surface area contributed by atoms with Gasteiger partial charge in [0.25, 0.3) is 0 Å². The van der Waals surface area contributed by atoms with Crippen LogP contribution in [0.1, 0.15) is 31.7 Å². The molecule has 0 radical (unpaired) electrons. The second-order valence-corrected chi connectivity index (χ2v) is 4.55. The van der Waals surface area contributed by atoms with Gasteiger partial charge in [0.2, 0.25) is 0 Å². The lowest BCUT2D eigenvalue weighted by atomic mass is 10.1. The third kappa shape index (κ3) is 2.18. The summed E-state index contributed by atoms with van der Waals surface area (Å²) < 4.78 is 27.2. The smallest absolute Gasteiger partial charge is 0.152 e. The molecule has 88 valence electrons. The van der Waals surface area contributed by atoms with Crippen LogP contribution in [0.5, 0.6) is 0 Å². The van der Waals surface area contributed by atoms with Crippen molar-refractivity contribution in [2.45, 2.75) is 39.2 Å². The first kappa shape index (κ1) is 11.4. The van der Waals surface area contributed by atoms with Crippen LogP contribution < -0.4 is 5.32 Å². The SMILES string of the molecule is CCC(Nc1c(F)ccc(C)c1F)C1CC1. The molecule has 1 aliphatic rings. The average Bonchev–Trinajstić information content (AvgIpc) is 3.08. The molecule has 1 fully saturated rings. The molecule has 1 unspecified atom stereocenters. The van der Waals surface area contributed by atoms with Crippen LogP contribution in [0.3, 0.4) is 0 Å². The van der Waals surface area contributed by atoms with Crippen LogP contribution in [0.2, 0.25) is 0 Å². The molecule has 1 aromatic carbocycles. The fourth-order valence-corrected chi connectivity index (χ4v) is 2.03. The standard InChI is InChI=1S/C13H17F2N/c1-3-11(9-5-6-9)16-13-10(14)7-4-8(2)12(13)15/h4,7,9,11,16H,3,5-6H2,1-2H3. The number of nitrogens with one attached hydrogen (secondary N) is 1. The highest BCUT2D eigenvalue weighted by Gasteiger charge is 2.31. The Balaban J connectivity index is 2.22. The van der Waals surface area contributed by atoms with E-state index in [1.54, 1.807) is 6.92 Å². The highest BCUT2D eigenvalue weighted by Crippen LogP contribution is 2.36. The zero-order chi connectivity index (χ0) is 11.7. The first-order valence-electron chi connectivity index (χ1n) is 5.84. The summed E-state index contributed by atoms with van der Waals surface area (Å²) in [5, 5.41) is 3.02. The minimum absolute atomic E-state index is 0.0405. The first-order chi connectivity index (χ1) is 7.63. The zero-order valence-corrected chi connectivity index (χ0v) is 9.69. The summed E-state index contributed by atoms with van der Waals surface area (Å²) in [5.74, 6) is -0.370. The van der Waals surface area contributed by atoms with Crippen LogP contribution in [-0.4, -0.2) is 6.04 Å². The minimum atomic E-state index is -0.498. The van der Waals surface area contributed by atoms with E-state index in [0.717, 1.165) is 6.42 Å². The van der Waals surface area contributed by atoms with Gasteiger partial charge in [0.05, 0.1) is 0 Å². The van der Waals surface area contributed by atoms with E-state index >= 15 is 0 Å². The number of hydrogen-bond donors (Lipinski definition) is 1. The third-order valence-electron chi connectivity index (χ3n) is 3.24. The van der Waals surface area contributed by atoms with Crippen molar-refractivity contribution in [2.24, 2.45) is 5.92 Å². The van der Waals surface area contributed by atoms with E-state index in [2.05, 4.69) is 5.32 Å². The Labute approximate surface area is 94.9 Å². The molecular weight excluding hydrogens is 208 g/mol. The predicted octanol–water partition coefficient (Wildman–Crippen LogP) is 3.87. The van der Waals surface area contributed by atoms with Crippen LogP contribution in [0.25, 0.3) is 0 Å². The van der Waals surface area contributed by atoms with Crippen LogP contribution in [-0.2, 0) is 0 Å². The Kier molecular flexibility index (Phi) is 3.13. The highest BCUT2D eigenvalue weighted by atomic mass is 19.1. The van der Waals surface area contributed by atoms with E-state index < -0.39 is 11.6 Å². The van der Waals surface area contributed by atoms with E-state index in [1.165, 1.54) is 25.0 Å². The van der Waals surface area contributed by atoms with Crippen molar-refractivity contribution in [1.82, 2.24) is 0 Å². The van der Waals surface area contributed by atoms with Gasteiger partial charge in [-0.15, -0.1) is 0 Å². The van der Waals surface area contributed by atoms with Crippen LogP contribution >= 0.6 is 0 Å². The fourth-order valence-electron chi connectivity index (χ4n) is 2.03. The maximum Gasteiger partial charge on any atom is 0.152 e. The Hall–Kier alpha value is -1.12. The Morgan fingerprint density at radius 3 is 2.62 bits per heavy atom. The number of anilines is 1. The summed E-state index contributed by atoms with van der Waals surface area (Å²) in [6.07, 6.45) is 3.23. The summed E-state index contributed by atoms with van der Waals surface area (Å²) in [6.45, 7) is 3.69. The molecule has 1 aliphatic carbocycles. The summed E-state index contributed by atoms with van der Waals surface area (Å²) in [6, 6.07) is 2.99. The molecule has 16 heavy (non-hydrogen) atoms. The van der Waals surface area contributed by atoms with Gasteiger partial charge in [-0.3, -0.25) is 0 Å². The average molecular weight is 225 g/mol. The number of rotatable bonds is 4. The lowest BCUT2D eigenvalue weighted by Crippen LogP contribution is -2.22.